The molecule has 290 valence electrons. The summed E-state index contributed by atoms with van der Waals surface area (Å²) >= 11 is 0. The molecule has 0 nitrogen and oxygen atoms in total. The molecule has 4 aliphatic heterocycles. The van der Waals surface area contributed by atoms with E-state index in [1.54, 1.807) is 0 Å². The molecule has 0 amide bonds. The van der Waals surface area contributed by atoms with Crippen molar-refractivity contribution in [2.24, 2.45) is 0 Å². The van der Waals surface area contributed by atoms with Crippen LogP contribution in [0.2, 0.25) is 0 Å². The number of fused-ring (bicyclic) bond motifs is 10. The normalized spacial score (nSPS) is 13.9. The molecular formula is C60H44B2. The van der Waals surface area contributed by atoms with Crippen LogP contribution in [-0.2, 0) is 10.8 Å². The van der Waals surface area contributed by atoms with Crippen LogP contribution in [0.4, 0.5) is 0 Å². The summed E-state index contributed by atoms with van der Waals surface area (Å²) in [6.07, 6.45) is 0. The molecule has 2 heteroatoms. The number of hydrogen-bond acceptors (Lipinski definition) is 0. The minimum Gasteiger partial charge on any atom is -0.0664 e. The van der Waals surface area contributed by atoms with Gasteiger partial charge in [-0.1, -0.05) is 220 Å². The van der Waals surface area contributed by atoms with Crippen LogP contribution in [0.3, 0.4) is 0 Å². The van der Waals surface area contributed by atoms with Gasteiger partial charge in [-0.25, -0.2) is 0 Å². The van der Waals surface area contributed by atoms with Gasteiger partial charge in [-0.3, -0.25) is 0 Å². The van der Waals surface area contributed by atoms with E-state index in [9.17, 15) is 0 Å². The molecule has 0 aromatic heterocycles. The molecule has 4 heterocycles. The van der Waals surface area contributed by atoms with E-state index in [0.29, 0.717) is 0 Å². The third-order valence-corrected chi connectivity index (χ3v) is 15.3. The van der Waals surface area contributed by atoms with Crippen LogP contribution in [0, 0.1) is 0 Å². The molecule has 0 unspecified atom stereocenters. The molecule has 0 N–H and O–H groups in total. The molecule has 0 fully saturated rings. The average molecular weight is 787 g/mol. The van der Waals surface area contributed by atoms with Gasteiger partial charge in [0.25, 0.3) is 0 Å². The molecule has 0 bridgehead atoms. The Kier molecular flexibility index (Phi) is 6.57. The molecule has 0 radical (unpaired) electrons. The van der Waals surface area contributed by atoms with Crippen molar-refractivity contribution in [3.05, 3.63) is 169 Å². The molecule has 4 aliphatic rings. The van der Waals surface area contributed by atoms with Crippen LogP contribution in [0.5, 0.6) is 0 Å². The molecule has 10 aromatic rings. The van der Waals surface area contributed by atoms with Gasteiger partial charge < -0.3 is 0 Å². The maximum Gasteiger partial charge on any atom is 0.244 e. The minimum absolute atomic E-state index is 0.00794. The molecule has 0 atom stereocenters. The van der Waals surface area contributed by atoms with Gasteiger partial charge in [0.15, 0.2) is 0 Å². The summed E-state index contributed by atoms with van der Waals surface area (Å²) in [6, 6.07) is 61.7. The lowest BCUT2D eigenvalue weighted by atomic mass is 9.34. The average Bonchev–Trinajstić information content (AvgIpc) is 3.80. The van der Waals surface area contributed by atoms with E-state index in [4.69, 9.17) is 0 Å². The van der Waals surface area contributed by atoms with Crippen LogP contribution in [0.15, 0.2) is 158 Å². The van der Waals surface area contributed by atoms with Gasteiger partial charge in [-0.05, 0) is 133 Å². The largest absolute Gasteiger partial charge is 0.244 e. The molecule has 62 heavy (non-hydrogen) atoms. The van der Waals surface area contributed by atoms with Crippen LogP contribution in [0.1, 0.15) is 52.7 Å². The quantitative estimate of drug-likeness (QED) is 0.121. The standard InChI is InChI=1S/C60H44B2/c1-59(2,3)35-25-45-37-21-13-15-23-49(37)61-51-31-44-40(34-19-11-8-12-20-34)30-42-48-28-36(60(4,5)6)26-46-38-22-14-16-24-50(38)62(58(46)48)52-32-43-39(33-17-9-7-10-18-33)29-41(47(27-35)57(45)61)53(51)55(43)56(44)54(42)52/h7-32H,1-6H3. The topological polar surface area (TPSA) is 0 Å². The third kappa shape index (κ3) is 4.35. The van der Waals surface area contributed by atoms with E-state index in [1.165, 1.54) is 143 Å². The van der Waals surface area contributed by atoms with Crippen molar-refractivity contribution in [1.29, 1.82) is 0 Å². The van der Waals surface area contributed by atoms with E-state index in [-0.39, 0.29) is 24.3 Å². The maximum atomic E-state index is 2.66. The summed E-state index contributed by atoms with van der Waals surface area (Å²) in [6.45, 7) is 14.5. The van der Waals surface area contributed by atoms with Crippen molar-refractivity contribution < 1.29 is 0 Å². The summed E-state index contributed by atoms with van der Waals surface area (Å²) in [5, 5.41) is 8.44. The van der Waals surface area contributed by atoms with Crippen LogP contribution < -0.4 is 32.8 Å². The Balaban J connectivity index is 1.25. The van der Waals surface area contributed by atoms with Gasteiger partial charge in [0.2, 0.25) is 13.4 Å². The van der Waals surface area contributed by atoms with E-state index in [1.807, 2.05) is 0 Å². The predicted molar refractivity (Wildman–Crippen MR) is 269 cm³/mol. The fourth-order valence-electron chi connectivity index (χ4n) is 12.5. The van der Waals surface area contributed by atoms with Crippen LogP contribution in [-0.4, -0.2) is 13.4 Å². The van der Waals surface area contributed by atoms with Crippen LogP contribution in [0.25, 0.3) is 99.1 Å². The van der Waals surface area contributed by atoms with Crippen molar-refractivity contribution in [2.75, 3.05) is 0 Å². The highest BCUT2D eigenvalue weighted by Crippen LogP contribution is 2.51. The Morgan fingerprint density at radius 3 is 1.03 bits per heavy atom. The first-order valence-corrected chi connectivity index (χ1v) is 22.6. The van der Waals surface area contributed by atoms with Gasteiger partial charge in [0.1, 0.15) is 0 Å². The SMILES string of the molecule is CC(C)(C)c1cc2c3c(c1)-c1cc(-c4ccccc4)c4cc5c6c(cc(-c7ccccc7)c7cc(c1c4c76)B3c1ccccc1-2)-c1cc(C(C)(C)C)cc2c1B5c1ccccc1-2. The highest BCUT2D eigenvalue weighted by Gasteiger charge is 2.45. The summed E-state index contributed by atoms with van der Waals surface area (Å²) < 4.78 is 0. The molecule has 10 aromatic carbocycles. The Hall–Kier alpha value is -6.63. The van der Waals surface area contributed by atoms with Crippen molar-refractivity contribution in [3.63, 3.8) is 0 Å². The molecule has 0 saturated carbocycles. The highest BCUT2D eigenvalue weighted by molar-refractivity contribution is 7.03. The zero-order valence-corrected chi connectivity index (χ0v) is 36.2. The monoisotopic (exact) mass is 786 g/mol. The first-order chi connectivity index (χ1) is 30.0. The minimum atomic E-state index is -0.00794. The van der Waals surface area contributed by atoms with E-state index in [0.717, 1.165) is 0 Å². The van der Waals surface area contributed by atoms with E-state index >= 15 is 0 Å². The Morgan fingerprint density at radius 1 is 0.290 bits per heavy atom. The third-order valence-electron chi connectivity index (χ3n) is 15.3. The second kappa shape index (κ2) is 11.6. The zero-order chi connectivity index (χ0) is 41.6. The Labute approximate surface area is 364 Å². The first kappa shape index (κ1) is 35.0. The summed E-state index contributed by atoms with van der Waals surface area (Å²) in [4.78, 5) is 0. The second-order valence-electron chi connectivity index (χ2n) is 20.7. The molecule has 14 rings (SSSR count). The fourth-order valence-corrected chi connectivity index (χ4v) is 12.5. The molecular weight excluding hydrogens is 742 g/mol. The smallest absolute Gasteiger partial charge is 0.0664 e. The lowest BCUT2D eigenvalue weighted by Crippen LogP contribution is -2.53. The lowest BCUT2D eigenvalue weighted by molar-refractivity contribution is 0.590. The summed E-state index contributed by atoms with van der Waals surface area (Å²) in [7, 11) is 0. The van der Waals surface area contributed by atoms with Gasteiger partial charge in [-0.15, -0.1) is 0 Å². The predicted octanol–water partition coefficient (Wildman–Crippen LogP) is 11.5. The maximum absolute atomic E-state index is 2.66. The van der Waals surface area contributed by atoms with Crippen molar-refractivity contribution in [3.8, 4) is 66.8 Å². The zero-order valence-electron chi connectivity index (χ0n) is 36.2. The number of rotatable bonds is 2. The van der Waals surface area contributed by atoms with Crippen molar-refractivity contribution in [2.45, 2.75) is 52.4 Å². The number of benzene rings is 10. The van der Waals surface area contributed by atoms with Gasteiger partial charge in [-0.2, -0.15) is 0 Å². The summed E-state index contributed by atoms with van der Waals surface area (Å²) in [5.74, 6) is 0. The second-order valence-corrected chi connectivity index (χ2v) is 20.7. The summed E-state index contributed by atoms with van der Waals surface area (Å²) in [5.41, 5.74) is 27.8. The Bertz CT molecular complexity index is 3390. The first-order valence-electron chi connectivity index (χ1n) is 22.6. The van der Waals surface area contributed by atoms with E-state index in [2.05, 4.69) is 199 Å². The van der Waals surface area contributed by atoms with Crippen molar-refractivity contribution in [1.82, 2.24) is 0 Å². The van der Waals surface area contributed by atoms with E-state index < -0.39 is 0 Å². The molecule has 0 saturated heterocycles. The van der Waals surface area contributed by atoms with Crippen LogP contribution >= 0.6 is 0 Å². The highest BCUT2D eigenvalue weighted by atomic mass is 14.4. The van der Waals surface area contributed by atoms with Gasteiger partial charge in [0.05, 0.1) is 0 Å². The lowest BCUT2D eigenvalue weighted by Gasteiger charge is -2.34. The fraction of sp³-hybridized carbons (Fsp3) is 0.133. The molecule has 0 aliphatic carbocycles. The number of hydrogen-bond donors (Lipinski definition) is 0. The molecule has 0 spiro atoms. The Morgan fingerprint density at radius 2 is 0.645 bits per heavy atom. The van der Waals surface area contributed by atoms with Crippen molar-refractivity contribution >= 4 is 78.5 Å². The van der Waals surface area contributed by atoms with Gasteiger partial charge >= 0.3 is 0 Å². The van der Waals surface area contributed by atoms with Gasteiger partial charge in [0, 0.05) is 0 Å².